The van der Waals surface area contributed by atoms with Crippen molar-refractivity contribution >= 4 is 33.2 Å². The molecule has 0 saturated carbocycles. The molecule has 4 rings (SSSR count). The van der Waals surface area contributed by atoms with Crippen molar-refractivity contribution in [2.75, 3.05) is 10.6 Å². The molecule has 0 unspecified atom stereocenters. The summed E-state index contributed by atoms with van der Waals surface area (Å²) in [5.41, 5.74) is 3.40. The molecule has 0 aliphatic rings. The Kier molecular flexibility index (Phi) is 6.11. The molecule has 0 aliphatic heterocycles. The standard InChI is InChI=1S/C23H20FN5O2S/c24-21-15-26-23(28-19-7-4-8-20(14-19)32(25,30)31)29-22(21)27-18-11-9-17(10-12-18)13-16-5-2-1-3-6-16/h1-12,14-15H,13H2,(H2,25,30,31)(H2,26,27,28,29). The fourth-order valence-electron chi connectivity index (χ4n) is 3.07. The average molecular weight is 450 g/mol. The smallest absolute Gasteiger partial charge is 0.238 e. The molecule has 0 spiro atoms. The number of hydrogen-bond donors (Lipinski definition) is 3. The fourth-order valence-corrected chi connectivity index (χ4v) is 3.63. The van der Waals surface area contributed by atoms with Gasteiger partial charge in [-0.2, -0.15) is 4.98 Å². The summed E-state index contributed by atoms with van der Waals surface area (Å²) >= 11 is 0. The van der Waals surface area contributed by atoms with Crippen LogP contribution >= 0.6 is 0 Å². The maximum atomic E-state index is 14.3. The molecule has 1 heterocycles. The molecular formula is C23H20FN5O2S. The molecule has 0 saturated heterocycles. The number of nitrogens with one attached hydrogen (secondary N) is 2. The Morgan fingerprint density at radius 2 is 1.56 bits per heavy atom. The van der Waals surface area contributed by atoms with Gasteiger partial charge in [-0.3, -0.25) is 0 Å². The Morgan fingerprint density at radius 1 is 0.844 bits per heavy atom. The van der Waals surface area contributed by atoms with E-state index in [-0.39, 0.29) is 16.7 Å². The van der Waals surface area contributed by atoms with Crippen molar-refractivity contribution in [2.24, 2.45) is 5.14 Å². The Bertz CT molecular complexity index is 1330. The van der Waals surface area contributed by atoms with Gasteiger partial charge in [0.2, 0.25) is 16.0 Å². The van der Waals surface area contributed by atoms with E-state index in [1.165, 1.54) is 23.8 Å². The van der Waals surface area contributed by atoms with Gasteiger partial charge >= 0.3 is 0 Å². The number of benzene rings is 3. The van der Waals surface area contributed by atoms with Crippen molar-refractivity contribution in [2.45, 2.75) is 11.3 Å². The van der Waals surface area contributed by atoms with Crippen LogP contribution in [-0.4, -0.2) is 18.4 Å². The van der Waals surface area contributed by atoms with Gasteiger partial charge in [-0.25, -0.2) is 22.9 Å². The molecule has 3 aromatic carbocycles. The molecule has 32 heavy (non-hydrogen) atoms. The van der Waals surface area contributed by atoms with Gasteiger partial charge in [0, 0.05) is 11.4 Å². The second-order valence-electron chi connectivity index (χ2n) is 7.07. The molecule has 0 bridgehead atoms. The van der Waals surface area contributed by atoms with E-state index in [0.717, 1.165) is 18.2 Å². The molecule has 4 N–H and O–H groups in total. The first-order valence-corrected chi connectivity index (χ1v) is 11.2. The molecule has 1 aromatic heterocycles. The summed E-state index contributed by atoms with van der Waals surface area (Å²) in [6, 6.07) is 23.6. The van der Waals surface area contributed by atoms with E-state index in [9.17, 15) is 12.8 Å². The summed E-state index contributed by atoms with van der Waals surface area (Å²) in [5.74, 6) is -0.538. The van der Waals surface area contributed by atoms with Crippen molar-refractivity contribution in [3.05, 3.63) is 102 Å². The zero-order valence-corrected chi connectivity index (χ0v) is 17.7. The van der Waals surface area contributed by atoms with Crippen LogP contribution in [0.2, 0.25) is 0 Å². The molecular weight excluding hydrogens is 429 g/mol. The topological polar surface area (TPSA) is 110 Å². The first-order chi connectivity index (χ1) is 15.4. The van der Waals surface area contributed by atoms with Crippen LogP contribution < -0.4 is 15.8 Å². The number of sulfonamides is 1. The molecule has 0 fully saturated rings. The molecule has 0 amide bonds. The summed E-state index contributed by atoms with van der Waals surface area (Å²) in [4.78, 5) is 8.01. The van der Waals surface area contributed by atoms with Crippen LogP contribution in [-0.2, 0) is 16.4 Å². The van der Waals surface area contributed by atoms with Gasteiger partial charge in [0.15, 0.2) is 11.6 Å². The van der Waals surface area contributed by atoms with E-state index >= 15 is 0 Å². The van der Waals surface area contributed by atoms with Crippen LogP contribution in [0.25, 0.3) is 0 Å². The van der Waals surface area contributed by atoms with Gasteiger partial charge in [-0.05, 0) is 47.9 Å². The number of nitrogens with two attached hydrogens (primary N) is 1. The summed E-state index contributed by atoms with van der Waals surface area (Å²) < 4.78 is 37.3. The van der Waals surface area contributed by atoms with E-state index in [1.807, 2.05) is 42.5 Å². The van der Waals surface area contributed by atoms with Crippen LogP contribution in [0.3, 0.4) is 0 Å². The lowest BCUT2D eigenvalue weighted by atomic mass is 10.0. The van der Waals surface area contributed by atoms with Gasteiger partial charge in [-0.1, -0.05) is 48.5 Å². The summed E-state index contributed by atoms with van der Waals surface area (Å²) in [6.07, 6.45) is 1.83. The zero-order valence-electron chi connectivity index (χ0n) is 16.9. The lowest BCUT2D eigenvalue weighted by Gasteiger charge is -2.11. The molecule has 0 radical (unpaired) electrons. The predicted octanol–water partition coefficient (Wildman–Crippen LogP) is 4.34. The van der Waals surface area contributed by atoms with Crippen LogP contribution in [0.1, 0.15) is 11.1 Å². The van der Waals surface area contributed by atoms with Gasteiger partial charge < -0.3 is 10.6 Å². The van der Waals surface area contributed by atoms with Gasteiger partial charge in [0.05, 0.1) is 11.1 Å². The minimum Gasteiger partial charge on any atom is -0.338 e. The zero-order chi connectivity index (χ0) is 22.6. The van der Waals surface area contributed by atoms with Crippen LogP contribution in [0.15, 0.2) is 90.0 Å². The number of rotatable bonds is 7. The predicted molar refractivity (Wildman–Crippen MR) is 122 cm³/mol. The third kappa shape index (κ3) is 5.45. The number of nitrogens with zero attached hydrogens (tertiary/aromatic N) is 2. The maximum absolute atomic E-state index is 14.3. The normalized spacial score (nSPS) is 11.2. The Balaban J connectivity index is 1.48. The highest BCUT2D eigenvalue weighted by molar-refractivity contribution is 7.89. The van der Waals surface area contributed by atoms with E-state index in [1.54, 1.807) is 6.07 Å². The van der Waals surface area contributed by atoms with E-state index in [4.69, 9.17) is 5.14 Å². The minimum atomic E-state index is -3.85. The second kappa shape index (κ2) is 9.13. The summed E-state index contributed by atoms with van der Waals surface area (Å²) in [7, 11) is -3.85. The van der Waals surface area contributed by atoms with Crippen LogP contribution in [0.5, 0.6) is 0 Å². The van der Waals surface area contributed by atoms with E-state index < -0.39 is 15.8 Å². The number of anilines is 4. The molecule has 162 valence electrons. The van der Waals surface area contributed by atoms with E-state index in [0.29, 0.717) is 11.4 Å². The minimum absolute atomic E-state index is 0.0130. The van der Waals surface area contributed by atoms with Gasteiger partial charge in [-0.15, -0.1) is 0 Å². The summed E-state index contributed by atoms with van der Waals surface area (Å²) in [5, 5.41) is 11.0. The molecule has 0 atom stereocenters. The third-order valence-electron chi connectivity index (χ3n) is 4.63. The monoisotopic (exact) mass is 449 g/mol. The lowest BCUT2D eigenvalue weighted by Crippen LogP contribution is -2.12. The Hall–Kier alpha value is -3.82. The lowest BCUT2D eigenvalue weighted by molar-refractivity contribution is 0.598. The summed E-state index contributed by atoms with van der Waals surface area (Å²) in [6.45, 7) is 0. The first kappa shape index (κ1) is 21.4. The van der Waals surface area contributed by atoms with Crippen molar-refractivity contribution in [3.8, 4) is 0 Å². The SMILES string of the molecule is NS(=O)(=O)c1cccc(Nc2ncc(F)c(Nc3ccc(Cc4ccccc4)cc3)n2)c1. The van der Waals surface area contributed by atoms with Crippen LogP contribution in [0, 0.1) is 5.82 Å². The number of aromatic nitrogens is 2. The Labute approximate surface area is 185 Å². The van der Waals surface area contributed by atoms with E-state index in [2.05, 4.69) is 32.7 Å². The van der Waals surface area contributed by atoms with Crippen molar-refractivity contribution < 1.29 is 12.8 Å². The largest absolute Gasteiger partial charge is 0.338 e. The van der Waals surface area contributed by atoms with Crippen molar-refractivity contribution in [1.29, 1.82) is 0 Å². The molecule has 9 heteroatoms. The van der Waals surface area contributed by atoms with Gasteiger partial charge in [0.1, 0.15) is 0 Å². The highest BCUT2D eigenvalue weighted by Gasteiger charge is 2.11. The average Bonchev–Trinajstić information content (AvgIpc) is 2.78. The highest BCUT2D eigenvalue weighted by atomic mass is 32.2. The Morgan fingerprint density at radius 3 is 2.28 bits per heavy atom. The second-order valence-corrected chi connectivity index (χ2v) is 8.63. The number of hydrogen-bond acceptors (Lipinski definition) is 6. The van der Waals surface area contributed by atoms with Crippen molar-refractivity contribution in [3.63, 3.8) is 0 Å². The molecule has 7 nitrogen and oxygen atoms in total. The highest BCUT2D eigenvalue weighted by Crippen LogP contribution is 2.22. The first-order valence-electron chi connectivity index (χ1n) is 9.69. The van der Waals surface area contributed by atoms with Crippen LogP contribution in [0.4, 0.5) is 27.5 Å². The number of primary sulfonamides is 1. The van der Waals surface area contributed by atoms with Gasteiger partial charge in [0.25, 0.3) is 0 Å². The number of halogens is 1. The fraction of sp³-hybridized carbons (Fsp3) is 0.0435. The molecule has 4 aromatic rings. The maximum Gasteiger partial charge on any atom is 0.238 e. The van der Waals surface area contributed by atoms with Crippen molar-refractivity contribution in [1.82, 2.24) is 9.97 Å². The molecule has 0 aliphatic carbocycles. The quantitative estimate of drug-likeness (QED) is 0.387. The third-order valence-corrected chi connectivity index (χ3v) is 5.54.